The average Bonchev–Trinajstić information content (AvgIpc) is 3.04. The molecule has 136 valence electrons. The van der Waals surface area contributed by atoms with Crippen LogP contribution in [0.15, 0.2) is 42.6 Å². The van der Waals surface area contributed by atoms with E-state index in [-0.39, 0.29) is 25.2 Å². The molecule has 1 aliphatic heterocycles. The van der Waals surface area contributed by atoms with Crippen LogP contribution in [-0.4, -0.2) is 48.2 Å². The van der Waals surface area contributed by atoms with Crippen LogP contribution in [0, 0.1) is 0 Å². The highest BCUT2D eigenvalue weighted by molar-refractivity contribution is 7.92. The number of carbonyl (C=O) groups is 1. The Labute approximate surface area is 153 Å². The predicted molar refractivity (Wildman–Crippen MR) is 99.1 cm³/mol. The van der Waals surface area contributed by atoms with Crippen LogP contribution in [0.4, 0.5) is 5.82 Å². The zero-order valence-corrected chi connectivity index (χ0v) is 15.4. The standard InChI is InChI=1S/C16H20N4O3S.ClH/c1-24(22,23)16(8-10-17-11-9-16)15(21)18-14-7-12-20(19-14)13-5-3-2-4-6-13;/h2-7,12,17H,8-11H2,1H3,(H,18,19,21);1H. The number of halogens is 1. The lowest BCUT2D eigenvalue weighted by Gasteiger charge is -2.34. The van der Waals surface area contributed by atoms with Crippen molar-refractivity contribution in [2.45, 2.75) is 17.6 Å². The van der Waals surface area contributed by atoms with Crippen molar-refractivity contribution in [2.75, 3.05) is 24.7 Å². The van der Waals surface area contributed by atoms with E-state index in [1.807, 2.05) is 30.3 Å². The Bertz CT molecular complexity index is 830. The lowest BCUT2D eigenvalue weighted by atomic mass is 9.96. The first-order chi connectivity index (χ1) is 11.4. The van der Waals surface area contributed by atoms with E-state index in [9.17, 15) is 13.2 Å². The smallest absolute Gasteiger partial charge is 0.247 e. The maximum atomic E-state index is 12.7. The molecule has 1 aromatic heterocycles. The molecule has 0 radical (unpaired) electrons. The third kappa shape index (κ3) is 3.86. The number of anilines is 1. The molecule has 25 heavy (non-hydrogen) atoms. The second-order valence-corrected chi connectivity index (χ2v) is 8.28. The van der Waals surface area contributed by atoms with Crippen molar-refractivity contribution in [1.82, 2.24) is 15.1 Å². The van der Waals surface area contributed by atoms with Crippen LogP contribution in [-0.2, 0) is 14.6 Å². The second-order valence-electron chi connectivity index (χ2n) is 5.95. The molecule has 0 unspecified atom stereocenters. The number of sulfone groups is 1. The molecule has 1 aliphatic rings. The first kappa shape index (κ1) is 19.4. The van der Waals surface area contributed by atoms with Gasteiger partial charge in [-0.2, -0.15) is 5.10 Å². The van der Waals surface area contributed by atoms with Gasteiger partial charge in [-0.15, -0.1) is 12.4 Å². The molecule has 0 saturated carbocycles. The van der Waals surface area contributed by atoms with Gasteiger partial charge in [-0.1, -0.05) is 18.2 Å². The highest BCUT2D eigenvalue weighted by Crippen LogP contribution is 2.29. The number of hydrogen-bond acceptors (Lipinski definition) is 5. The molecular formula is C16H21ClN4O3S. The maximum Gasteiger partial charge on any atom is 0.247 e. The van der Waals surface area contributed by atoms with Crippen molar-refractivity contribution in [2.24, 2.45) is 0 Å². The first-order valence-electron chi connectivity index (χ1n) is 7.75. The van der Waals surface area contributed by atoms with E-state index in [1.165, 1.54) is 0 Å². The van der Waals surface area contributed by atoms with Gasteiger partial charge in [-0.05, 0) is 38.1 Å². The summed E-state index contributed by atoms with van der Waals surface area (Å²) in [5.74, 6) is -0.171. The normalized spacial score (nSPS) is 16.7. The Morgan fingerprint density at radius 1 is 1.20 bits per heavy atom. The van der Waals surface area contributed by atoms with Crippen LogP contribution in [0.1, 0.15) is 12.8 Å². The van der Waals surface area contributed by atoms with Crippen molar-refractivity contribution in [3.63, 3.8) is 0 Å². The maximum absolute atomic E-state index is 12.7. The van der Waals surface area contributed by atoms with E-state index in [2.05, 4.69) is 15.7 Å². The zero-order chi connectivity index (χ0) is 17.2. The van der Waals surface area contributed by atoms with Crippen molar-refractivity contribution in [3.05, 3.63) is 42.6 Å². The molecule has 0 spiro atoms. The summed E-state index contributed by atoms with van der Waals surface area (Å²) in [7, 11) is -3.54. The number of benzene rings is 1. The van der Waals surface area contributed by atoms with Crippen LogP contribution in [0.5, 0.6) is 0 Å². The molecule has 1 amide bonds. The molecule has 3 rings (SSSR count). The van der Waals surface area contributed by atoms with E-state index < -0.39 is 20.5 Å². The van der Waals surface area contributed by atoms with E-state index in [1.54, 1.807) is 16.9 Å². The topological polar surface area (TPSA) is 93.1 Å². The largest absolute Gasteiger partial charge is 0.317 e. The zero-order valence-electron chi connectivity index (χ0n) is 13.8. The lowest BCUT2D eigenvalue weighted by molar-refractivity contribution is -0.119. The van der Waals surface area contributed by atoms with E-state index in [4.69, 9.17) is 0 Å². The number of piperidine rings is 1. The number of nitrogens with one attached hydrogen (secondary N) is 2. The third-order valence-electron chi connectivity index (χ3n) is 4.39. The molecular weight excluding hydrogens is 364 g/mol. The number of aromatic nitrogens is 2. The second kappa shape index (κ2) is 7.55. The summed E-state index contributed by atoms with van der Waals surface area (Å²) in [5, 5.41) is 10.1. The predicted octanol–water partition coefficient (Wildman–Crippen LogP) is 1.40. The molecule has 1 fully saturated rings. The van der Waals surface area contributed by atoms with Crippen molar-refractivity contribution in [3.8, 4) is 5.69 Å². The van der Waals surface area contributed by atoms with Crippen LogP contribution in [0.2, 0.25) is 0 Å². The molecule has 2 heterocycles. The molecule has 9 heteroatoms. The number of amides is 1. The Morgan fingerprint density at radius 2 is 1.84 bits per heavy atom. The monoisotopic (exact) mass is 384 g/mol. The number of para-hydroxylation sites is 1. The molecule has 0 bridgehead atoms. The van der Waals surface area contributed by atoms with Gasteiger partial charge in [0.15, 0.2) is 20.4 Å². The quantitative estimate of drug-likeness (QED) is 0.831. The fourth-order valence-electron chi connectivity index (χ4n) is 2.94. The number of nitrogens with zero attached hydrogens (tertiary/aromatic N) is 2. The third-order valence-corrected chi connectivity index (χ3v) is 6.40. The highest BCUT2D eigenvalue weighted by Gasteiger charge is 2.48. The summed E-state index contributed by atoms with van der Waals surface area (Å²) in [4.78, 5) is 12.7. The van der Waals surface area contributed by atoms with Crippen molar-refractivity contribution in [1.29, 1.82) is 0 Å². The summed E-state index contributed by atoms with van der Waals surface area (Å²) in [5.41, 5.74) is 0.859. The first-order valence-corrected chi connectivity index (χ1v) is 9.64. The Hall–Kier alpha value is -1.90. The van der Waals surface area contributed by atoms with Crippen LogP contribution in [0.3, 0.4) is 0 Å². The molecule has 1 aromatic carbocycles. The fourth-order valence-corrected chi connectivity index (χ4v) is 4.28. The summed E-state index contributed by atoms with van der Waals surface area (Å²) in [6, 6.07) is 11.1. The van der Waals surface area contributed by atoms with Gasteiger partial charge in [0, 0.05) is 18.5 Å². The fraction of sp³-hybridized carbons (Fsp3) is 0.375. The van der Waals surface area contributed by atoms with Crippen molar-refractivity contribution < 1.29 is 13.2 Å². The van der Waals surface area contributed by atoms with E-state index >= 15 is 0 Å². The molecule has 7 nitrogen and oxygen atoms in total. The summed E-state index contributed by atoms with van der Waals surface area (Å²) in [6.07, 6.45) is 3.37. The molecule has 1 saturated heterocycles. The van der Waals surface area contributed by atoms with E-state index in [0.717, 1.165) is 11.9 Å². The molecule has 0 atom stereocenters. The van der Waals surface area contributed by atoms with Gasteiger partial charge in [0.2, 0.25) is 5.91 Å². The van der Waals surface area contributed by atoms with Gasteiger partial charge < -0.3 is 10.6 Å². The summed E-state index contributed by atoms with van der Waals surface area (Å²) < 4.78 is 24.7. The van der Waals surface area contributed by atoms with Crippen molar-refractivity contribution >= 4 is 34.0 Å². The van der Waals surface area contributed by atoms with Crippen LogP contribution < -0.4 is 10.6 Å². The van der Waals surface area contributed by atoms with E-state index in [0.29, 0.717) is 18.9 Å². The van der Waals surface area contributed by atoms with Gasteiger partial charge in [-0.3, -0.25) is 4.79 Å². The van der Waals surface area contributed by atoms with Gasteiger partial charge >= 0.3 is 0 Å². The number of carbonyl (C=O) groups excluding carboxylic acids is 1. The van der Waals surface area contributed by atoms with Gasteiger partial charge in [0.1, 0.15) is 0 Å². The van der Waals surface area contributed by atoms with Gasteiger partial charge in [-0.25, -0.2) is 13.1 Å². The average molecular weight is 385 g/mol. The molecule has 2 aromatic rings. The summed E-state index contributed by atoms with van der Waals surface area (Å²) in [6.45, 7) is 0.998. The number of hydrogen-bond donors (Lipinski definition) is 2. The van der Waals surface area contributed by atoms with Gasteiger partial charge in [0.25, 0.3) is 0 Å². The highest BCUT2D eigenvalue weighted by atomic mass is 35.5. The number of rotatable bonds is 4. The Kier molecular flexibility index (Phi) is 5.87. The Morgan fingerprint density at radius 3 is 2.44 bits per heavy atom. The minimum Gasteiger partial charge on any atom is -0.317 e. The van der Waals surface area contributed by atoms with Gasteiger partial charge in [0.05, 0.1) is 5.69 Å². The minimum atomic E-state index is -3.54. The SMILES string of the molecule is CS(=O)(=O)C1(C(=O)Nc2ccn(-c3ccccc3)n2)CCNCC1.Cl. The minimum absolute atomic E-state index is 0. The van der Waals surface area contributed by atoms with Crippen LogP contribution >= 0.6 is 12.4 Å². The Balaban J connectivity index is 0.00000225. The lowest BCUT2D eigenvalue weighted by Crippen LogP contribution is -2.55. The van der Waals surface area contributed by atoms with Crippen LogP contribution in [0.25, 0.3) is 5.69 Å². The molecule has 0 aliphatic carbocycles. The summed E-state index contributed by atoms with van der Waals surface area (Å²) >= 11 is 0. The molecule has 2 N–H and O–H groups in total.